The molecule has 0 aliphatic carbocycles. The lowest BCUT2D eigenvalue weighted by Gasteiger charge is -2.26. The zero-order valence-corrected chi connectivity index (χ0v) is 22.0. The van der Waals surface area contributed by atoms with E-state index >= 15 is 0 Å². The first-order valence-electron chi connectivity index (χ1n) is 12.3. The first-order chi connectivity index (χ1) is 18.2. The molecule has 0 aromatic heterocycles. The fraction of sp³-hybridized carbons (Fsp3) is 0.300. The van der Waals surface area contributed by atoms with Crippen molar-refractivity contribution in [1.82, 2.24) is 0 Å². The summed E-state index contributed by atoms with van der Waals surface area (Å²) >= 11 is 0. The summed E-state index contributed by atoms with van der Waals surface area (Å²) in [7, 11) is 3.15. The molecule has 2 aliphatic heterocycles. The molecule has 0 saturated carbocycles. The first kappa shape index (κ1) is 25.5. The van der Waals surface area contributed by atoms with Gasteiger partial charge < -0.3 is 33.5 Å². The monoisotopic (exact) mass is 518 g/mol. The third-order valence-corrected chi connectivity index (χ3v) is 6.57. The van der Waals surface area contributed by atoms with Crippen LogP contribution in [0.2, 0.25) is 0 Å². The molecule has 1 atom stereocenters. The van der Waals surface area contributed by atoms with Crippen molar-refractivity contribution in [3.8, 4) is 28.7 Å². The van der Waals surface area contributed by atoms with Gasteiger partial charge in [-0.1, -0.05) is 12.1 Å². The van der Waals surface area contributed by atoms with Gasteiger partial charge in [0.15, 0.2) is 23.0 Å². The number of hydrogen-bond acceptors (Lipinski definition) is 8. The fourth-order valence-electron chi connectivity index (χ4n) is 4.79. The van der Waals surface area contributed by atoms with E-state index in [1.54, 1.807) is 50.6 Å². The number of methoxy groups -OCH3 is 2. The Hall–Kier alpha value is -4.17. The lowest BCUT2D eigenvalue weighted by molar-refractivity contribution is -0.185. The zero-order chi connectivity index (χ0) is 27.0. The quantitative estimate of drug-likeness (QED) is 0.420. The Kier molecular flexibility index (Phi) is 6.67. The average Bonchev–Trinajstić information content (AvgIpc) is 3.46. The second kappa shape index (κ2) is 9.95. The number of esters is 1. The summed E-state index contributed by atoms with van der Waals surface area (Å²) in [6.45, 7) is 5.85. The summed E-state index contributed by atoms with van der Waals surface area (Å²) in [5.74, 6) is 0.297. The van der Waals surface area contributed by atoms with Gasteiger partial charge in [-0.25, -0.2) is 4.79 Å². The third kappa shape index (κ3) is 4.52. The summed E-state index contributed by atoms with van der Waals surface area (Å²) in [6.07, 6.45) is 0.175. The maximum atomic E-state index is 13.4. The number of ether oxygens (including phenoxy) is 6. The molecule has 3 aromatic rings. The topological polar surface area (TPSA) is 92.7 Å². The highest BCUT2D eigenvalue weighted by Crippen LogP contribution is 2.47. The maximum absolute atomic E-state index is 13.4. The molecule has 0 saturated heterocycles. The zero-order valence-electron chi connectivity index (χ0n) is 22.0. The van der Waals surface area contributed by atoms with Crippen molar-refractivity contribution in [2.24, 2.45) is 0 Å². The van der Waals surface area contributed by atoms with E-state index in [4.69, 9.17) is 28.4 Å². The summed E-state index contributed by atoms with van der Waals surface area (Å²) in [5, 5.41) is 12.0. The largest absolute Gasteiger partial charge is 0.496 e. The van der Waals surface area contributed by atoms with Gasteiger partial charge in [0.2, 0.25) is 6.79 Å². The minimum Gasteiger partial charge on any atom is -0.496 e. The summed E-state index contributed by atoms with van der Waals surface area (Å²) < 4.78 is 33.5. The van der Waals surface area contributed by atoms with Gasteiger partial charge in [0, 0.05) is 17.6 Å². The van der Waals surface area contributed by atoms with Crippen LogP contribution in [-0.2, 0) is 21.7 Å². The molecule has 2 heterocycles. The molecule has 0 bridgehead atoms. The second-order valence-electron chi connectivity index (χ2n) is 9.47. The number of hydrogen-bond donors (Lipinski definition) is 1. The second-order valence-corrected chi connectivity index (χ2v) is 9.47. The molecule has 2 aliphatic rings. The van der Waals surface area contributed by atoms with E-state index in [1.807, 2.05) is 39.0 Å². The van der Waals surface area contributed by atoms with Crippen LogP contribution in [-0.4, -0.2) is 38.2 Å². The van der Waals surface area contributed by atoms with Gasteiger partial charge >= 0.3 is 5.97 Å². The molecule has 8 nitrogen and oxygen atoms in total. The summed E-state index contributed by atoms with van der Waals surface area (Å²) in [4.78, 5) is 13.4. The van der Waals surface area contributed by atoms with Gasteiger partial charge in [-0.05, 0) is 79.9 Å². The van der Waals surface area contributed by atoms with Crippen molar-refractivity contribution in [1.29, 1.82) is 0 Å². The van der Waals surface area contributed by atoms with Crippen molar-refractivity contribution >= 4 is 11.5 Å². The molecule has 3 aromatic carbocycles. The van der Waals surface area contributed by atoms with Crippen LogP contribution in [0.5, 0.6) is 28.7 Å². The van der Waals surface area contributed by atoms with Crippen molar-refractivity contribution in [2.45, 2.75) is 39.1 Å². The standard InChI is InChI=1S/C30H30O8/c1-17(2)37-25-9-6-19(14-26(25)34-5)13-22-28(20-7-10-24-27(15-20)36-16-35-24)29(31)38-30(22,32)21-8-11-23(33-4)18(3)12-21/h6-12,14-15,17,32H,13,16H2,1-5H3. The van der Waals surface area contributed by atoms with Gasteiger partial charge in [-0.15, -0.1) is 0 Å². The van der Waals surface area contributed by atoms with E-state index in [-0.39, 0.29) is 24.9 Å². The first-order valence-corrected chi connectivity index (χ1v) is 12.3. The Labute approximate surface area is 221 Å². The highest BCUT2D eigenvalue weighted by atomic mass is 16.7. The van der Waals surface area contributed by atoms with Crippen LogP contribution in [0.15, 0.2) is 60.2 Å². The van der Waals surface area contributed by atoms with E-state index in [9.17, 15) is 9.90 Å². The molecular formula is C30H30O8. The molecule has 0 fully saturated rings. The number of cyclic esters (lactones) is 1. The summed E-state index contributed by atoms with van der Waals surface area (Å²) in [5.41, 5.74) is 3.23. The Morgan fingerprint density at radius 1 is 0.921 bits per heavy atom. The van der Waals surface area contributed by atoms with E-state index in [0.29, 0.717) is 45.4 Å². The molecule has 1 N–H and O–H groups in total. The number of carbonyl (C=O) groups excluding carboxylic acids is 1. The van der Waals surface area contributed by atoms with Crippen LogP contribution >= 0.6 is 0 Å². The third-order valence-electron chi connectivity index (χ3n) is 6.57. The number of rotatable bonds is 8. The number of carbonyl (C=O) groups is 1. The highest BCUT2D eigenvalue weighted by molar-refractivity contribution is 6.20. The Morgan fingerprint density at radius 2 is 1.66 bits per heavy atom. The van der Waals surface area contributed by atoms with Crippen molar-refractivity contribution in [3.05, 3.63) is 82.4 Å². The van der Waals surface area contributed by atoms with Gasteiger partial charge in [-0.2, -0.15) is 0 Å². The smallest absolute Gasteiger partial charge is 0.342 e. The lowest BCUT2D eigenvalue weighted by Crippen LogP contribution is -2.30. The van der Waals surface area contributed by atoms with Crippen molar-refractivity contribution in [3.63, 3.8) is 0 Å². The van der Waals surface area contributed by atoms with E-state index in [2.05, 4.69) is 0 Å². The molecule has 5 rings (SSSR count). The van der Waals surface area contributed by atoms with Crippen LogP contribution in [0.25, 0.3) is 5.57 Å². The fourth-order valence-corrected chi connectivity index (χ4v) is 4.79. The van der Waals surface area contributed by atoms with Gasteiger partial charge in [0.1, 0.15) is 5.75 Å². The Bertz CT molecular complexity index is 1420. The SMILES string of the molecule is COc1ccc(C2(O)OC(=O)C(c3ccc4c(c3)OCO4)=C2Cc2ccc(OC(C)C)c(OC)c2)cc1C. The van der Waals surface area contributed by atoms with Crippen LogP contribution in [0.1, 0.15) is 36.1 Å². The normalized spacial score (nSPS) is 18.1. The Balaban J connectivity index is 1.65. The van der Waals surface area contributed by atoms with E-state index in [0.717, 1.165) is 11.1 Å². The predicted molar refractivity (Wildman–Crippen MR) is 140 cm³/mol. The highest BCUT2D eigenvalue weighted by Gasteiger charge is 2.48. The summed E-state index contributed by atoms with van der Waals surface area (Å²) in [6, 6.07) is 16.0. The van der Waals surface area contributed by atoms with Crippen LogP contribution in [0, 0.1) is 6.92 Å². The number of aryl methyl sites for hydroxylation is 1. The molecule has 0 radical (unpaired) electrons. The molecule has 0 spiro atoms. The minimum atomic E-state index is -2.00. The Morgan fingerprint density at radius 3 is 2.37 bits per heavy atom. The molecular weight excluding hydrogens is 488 g/mol. The minimum absolute atomic E-state index is 0.0284. The van der Waals surface area contributed by atoms with E-state index in [1.165, 1.54) is 0 Å². The molecule has 198 valence electrons. The van der Waals surface area contributed by atoms with Crippen LogP contribution < -0.4 is 23.7 Å². The average molecular weight is 519 g/mol. The number of fused-ring (bicyclic) bond motifs is 1. The maximum Gasteiger partial charge on any atom is 0.342 e. The van der Waals surface area contributed by atoms with Gasteiger partial charge in [0.05, 0.1) is 25.9 Å². The molecule has 0 amide bonds. The van der Waals surface area contributed by atoms with Crippen molar-refractivity contribution in [2.75, 3.05) is 21.0 Å². The van der Waals surface area contributed by atoms with Gasteiger partial charge in [0.25, 0.3) is 5.79 Å². The molecule has 38 heavy (non-hydrogen) atoms. The predicted octanol–water partition coefficient (Wildman–Crippen LogP) is 4.93. The molecule has 1 unspecified atom stereocenters. The van der Waals surface area contributed by atoms with E-state index < -0.39 is 11.8 Å². The van der Waals surface area contributed by atoms with Crippen LogP contribution in [0.3, 0.4) is 0 Å². The number of benzene rings is 3. The van der Waals surface area contributed by atoms with Crippen LogP contribution in [0.4, 0.5) is 0 Å². The van der Waals surface area contributed by atoms with Crippen molar-refractivity contribution < 1.29 is 38.3 Å². The lowest BCUT2D eigenvalue weighted by atomic mass is 9.87. The number of aliphatic hydroxyl groups is 1. The molecule has 8 heteroatoms. The van der Waals surface area contributed by atoms with Gasteiger partial charge in [-0.3, -0.25) is 0 Å².